The summed E-state index contributed by atoms with van der Waals surface area (Å²) in [6.45, 7) is 4.24. The van der Waals surface area contributed by atoms with Crippen LogP contribution in [0, 0.1) is 29.1 Å². The van der Waals surface area contributed by atoms with Crippen LogP contribution in [0.5, 0.6) is 0 Å². The van der Waals surface area contributed by atoms with Crippen molar-refractivity contribution >= 4 is 5.78 Å². The molecule has 4 atom stereocenters. The van der Waals surface area contributed by atoms with Gasteiger partial charge in [-0.05, 0) is 30.6 Å². The van der Waals surface area contributed by atoms with Crippen LogP contribution in [0.4, 0.5) is 0 Å². The van der Waals surface area contributed by atoms with Gasteiger partial charge in [-0.15, -0.1) is 0 Å². The predicted octanol–water partition coefficient (Wildman–Crippen LogP) is 2.42. The van der Waals surface area contributed by atoms with E-state index in [0.29, 0.717) is 23.5 Å². The van der Waals surface area contributed by atoms with Crippen molar-refractivity contribution < 1.29 is 4.79 Å². The standard InChI is InChI=1S/C12H16O/c1-12(2)6-9-7-3-4-8(5-7)10(9)11(12)13/h3-4,7-10H,5-6H2,1-2H3/t7?,8?,9-,10+/m1/s1. The Hall–Kier alpha value is -0.590. The average Bonchev–Trinajstić information content (AvgIpc) is 2.65. The van der Waals surface area contributed by atoms with Gasteiger partial charge in [0.05, 0.1) is 0 Å². The van der Waals surface area contributed by atoms with Crippen molar-refractivity contribution in [1.82, 2.24) is 0 Å². The quantitative estimate of drug-likeness (QED) is 0.518. The molecule has 0 aliphatic heterocycles. The summed E-state index contributed by atoms with van der Waals surface area (Å²) in [7, 11) is 0. The summed E-state index contributed by atoms with van der Waals surface area (Å²) < 4.78 is 0. The van der Waals surface area contributed by atoms with E-state index in [9.17, 15) is 4.79 Å². The number of Topliss-reactive ketones (excluding diaryl/α,β-unsaturated/α-hetero) is 1. The van der Waals surface area contributed by atoms with Gasteiger partial charge in [-0.2, -0.15) is 0 Å². The highest BCUT2D eigenvalue weighted by molar-refractivity contribution is 5.90. The van der Waals surface area contributed by atoms with Gasteiger partial charge in [-0.25, -0.2) is 0 Å². The lowest BCUT2D eigenvalue weighted by Gasteiger charge is -2.17. The third-order valence-electron chi connectivity index (χ3n) is 4.34. The largest absolute Gasteiger partial charge is 0.299 e. The van der Waals surface area contributed by atoms with E-state index < -0.39 is 0 Å². The van der Waals surface area contributed by atoms with Crippen LogP contribution in [0.1, 0.15) is 26.7 Å². The highest BCUT2D eigenvalue weighted by Gasteiger charge is 2.57. The van der Waals surface area contributed by atoms with Crippen LogP contribution in [0.2, 0.25) is 0 Å². The minimum atomic E-state index is -0.0295. The Bertz CT molecular complexity index is 300. The zero-order valence-electron chi connectivity index (χ0n) is 8.29. The maximum Gasteiger partial charge on any atom is 0.142 e. The number of carbonyl (C=O) groups is 1. The van der Waals surface area contributed by atoms with Gasteiger partial charge in [-0.1, -0.05) is 26.0 Å². The fraction of sp³-hybridized carbons (Fsp3) is 0.750. The lowest BCUT2D eigenvalue weighted by Crippen LogP contribution is -2.25. The van der Waals surface area contributed by atoms with E-state index in [0.717, 1.165) is 12.3 Å². The maximum absolute atomic E-state index is 12.1. The van der Waals surface area contributed by atoms with Crippen molar-refractivity contribution in [3.05, 3.63) is 12.2 Å². The Morgan fingerprint density at radius 2 is 2.00 bits per heavy atom. The minimum Gasteiger partial charge on any atom is -0.299 e. The van der Waals surface area contributed by atoms with Crippen LogP contribution < -0.4 is 0 Å². The van der Waals surface area contributed by atoms with Crippen molar-refractivity contribution in [2.75, 3.05) is 0 Å². The number of fused-ring (bicyclic) bond motifs is 5. The molecule has 3 aliphatic carbocycles. The second-order valence-electron chi connectivity index (χ2n) is 5.59. The van der Waals surface area contributed by atoms with Crippen molar-refractivity contribution in [2.24, 2.45) is 29.1 Å². The van der Waals surface area contributed by atoms with Gasteiger partial charge in [0.1, 0.15) is 5.78 Å². The minimum absolute atomic E-state index is 0.0295. The molecule has 2 bridgehead atoms. The molecule has 0 spiro atoms. The second kappa shape index (κ2) is 2.08. The zero-order valence-corrected chi connectivity index (χ0v) is 8.29. The molecule has 0 amide bonds. The number of hydrogen-bond acceptors (Lipinski definition) is 1. The van der Waals surface area contributed by atoms with Crippen molar-refractivity contribution in [3.63, 3.8) is 0 Å². The fourth-order valence-electron chi connectivity index (χ4n) is 3.73. The Kier molecular flexibility index (Phi) is 1.24. The SMILES string of the molecule is CC1(C)C[C@@H]2C3C=CC(C3)[C@@H]2C1=O. The van der Waals surface area contributed by atoms with E-state index in [2.05, 4.69) is 26.0 Å². The molecule has 3 aliphatic rings. The highest BCUT2D eigenvalue weighted by Crippen LogP contribution is 2.58. The Balaban J connectivity index is 2.01. The van der Waals surface area contributed by atoms with Gasteiger partial charge in [0.25, 0.3) is 0 Å². The molecule has 1 heteroatoms. The van der Waals surface area contributed by atoms with Gasteiger partial charge in [0.15, 0.2) is 0 Å². The molecule has 0 aromatic carbocycles. The average molecular weight is 176 g/mol. The molecule has 0 heterocycles. The smallest absolute Gasteiger partial charge is 0.142 e. The first-order valence-corrected chi connectivity index (χ1v) is 5.32. The fourth-order valence-corrected chi connectivity index (χ4v) is 3.73. The van der Waals surface area contributed by atoms with Crippen LogP contribution in [-0.2, 0) is 4.79 Å². The normalized spacial score (nSPS) is 50.2. The molecule has 2 fully saturated rings. The molecule has 0 radical (unpaired) electrons. The molecule has 13 heavy (non-hydrogen) atoms. The molecule has 3 rings (SSSR count). The molecule has 0 N–H and O–H groups in total. The van der Waals surface area contributed by atoms with Gasteiger partial charge >= 0.3 is 0 Å². The molecule has 2 unspecified atom stereocenters. The Morgan fingerprint density at radius 1 is 1.31 bits per heavy atom. The number of allylic oxidation sites excluding steroid dienone is 2. The Labute approximate surface area is 79.2 Å². The highest BCUT2D eigenvalue weighted by atomic mass is 16.1. The third kappa shape index (κ3) is 0.806. The summed E-state index contributed by atoms with van der Waals surface area (Å²) in [4.78, 5) is 12.1. The van der Waals surface area contributed by atoms with Crippen molar-refractivity contribution in [3.8, 4) is 0 Å². The molecule has 0 aromatic heterocycles. The summed E-state index contributed by atoms with van der Waals surface area (Å²) in [5.74, 6) is 2.96. The van der Waals surface area contributed by atoms with Crippen LogP contribution in [0.15, 0.2) is 12.2 Å². The summed E-state index contributed by atoms with van der Waals surface area (Å²) in [6.07, 6.45) is 7.02. The third-order valence-corrected chi connectivity index (χ3v) is 4.34. The van der Waals surface area contributed by atoms with E-state index in [4.69, 9.17) is 0 Å². The number of carbonyl (C=O) groups excluding carboxylic acids is 1. The first-order valence-electron chi connectivity index (χ1n) is 5.32. The summed E-state index contributed by atoms with van der Waals surface area (Å²) in [5.41, 5.74) is -0.0295. The van der Waals surface area contributed by atoms with E-state index in [1.807, 2.05) is 0 Å². The lowest BCUT2D eigenvalue weighted by molar-refractivity contribution is -0.128. The van der Waals surface area contributed by atoms with E-state index in [1.165, 1.54) is 6.42 Å². The summed E-state index contributed by atoms with van der Waals surface area (Å²) in [5, 5.41) is 0. The molecular formula is C12H16O. The maximum atomic E-state index is 12.1. The second-order valence-corrected chi connectivity index (χ2v) is 5.59. The molecule has 0 aromatic rings. The molecule has 1 nitrogen and oxygen atoms in total. The zero-order chi connectivity index (χ0) is 9.22. The summed E-state index contributed by atoms with van der Waals surface area (Å²) in [6, 6.07) is 0. The predicted molar refractivity (Wildman–Crippen MR) is 51.1 cm³/mol. The van der Waals surface area contributed by atoms with Crippen molar-refractivity contribution in [1.29, 1.82) is 0 Å². The molecular weight excluding hydrogens is 160 g/mol. The topological polar surface area (TPSA) is 17.1 Å². The van der Waals surface area contributed by atoms with Gasteiger partial charge < -0.3 is 0 Å². The molecule has 70 valence electrons. The molecule has 2 saturated carbocycles. The number of hydrogen-bond donors (Lipinski definition) is 0. The van der Waals surface area contributed by atoms with Gasteiger partial charge in [-0.3, -0.25) is 4.79 Å². The van der Waals surface area contributed by atoms with E-state index in [1.54, 1.807) is 0 Å². The van der Waals surface area contributed by atoms with Crippen LogP contribution >= 0.6 is 0 Å². The first kappa shape index (κ1) is 7.78. The van der Waals surface area contributed by atoms with E-state index >= 15 is 0 Å². The van der Waals surface area contributed by atoms with E-state index in [-0.39, 0.29) is 5.41 Å². The van der Waals surface area contributed by atoms with Crippen molar-refractivity contribution in [2.45, 2.75) is 26.7 Å². The lowest BCUT2D eigenvalue weighted by atomic mass is 9.85. The summed E-state index contributed by atoms with van der Waals surface area (Å²) >= 11 is 0. The Morgan fingerprint density at radius 3 is 2.69 bits per heavy atom. The monoisotopic (exact) mass is 176 g/mol. The van der Waals surface area contributed by atoms with Crippen LogP contribution in [-0.4, -0.2) is 5.78 Å². The number of ketones is 1. The van der Waals surface area contributed by atoms with Gasteiger partial charge in [0, 0.05) is 11.3 Å². The first-order chi connectivity index (χ1) is 6.09. The van der Waals surface area contributed by atoms with Gasteiger partial charge in [0.2, 0.25) is 0 Å². The molecule has 0 saturated heterocycles. The number of rotatable bonds is 0. The van der Waals surface area contributed by atoms with Crippen LogP contribution in [0.25, 0.3) is 0 Å². The van der Waals surface area contributed by atoms with Crippen LogP contribution in [0.3, 0.4) is 0 Å².